The molecule has 106 valence electrons. The van der Waals surface area contributed by atoms with E-state index in [9.17, 15) is 14.3 Å². The van der Waals surface area contributed by atoms with Gasteiger partial charge in [0.05, 0.1) is 0 Å². The molecule has 0 saturated heterocycles. The normalized spacial score (nSPS) is 39.0. The van der Waals surface area contributed by atoms with Crippen LogP contribution in [-0.2, 0) is 11.2 Å². The number of rotatable bonds is 0. The molecule has 20 heavy (non-hydrogen) atoms. The fourth-order valence-electron chi connectivity index (χ4n) is 4.98. The Balaban J connectivity index is 1.75. The van der Waals surface area contributed by atoms with Gasteiger partial charge in [-0.3, -0.25) is 4.79 Å². The number of phenols is 1. The molecule has 0 heterocycles. The van der Waals surface area contributed by atoms with Crippen molar-refractivity contribution < 1.29 is 14.3 Å². The number of aromatic hydroxyl groups is 1. The van der Waals surface area contributed by atoms with Gasteiger partial charge in [-0.15, -0.1) is 0 Å². The van der Waals surface area contributed by atoms with Crippen molar-refractivity contribution in [3.63, 3.8) is 0 Å². The highest BCUT2D eigenvalue weighted by molar-refractivity contribution is 5.83. The second kappa shape index (κ2) is 4.31. The van der Waals surface area contributed by atoms with E-state index in [1.54, 1.807) is 12.1 Å². The highest BCUT2D eigenvalue weighted by atomic mass is 19.1. The van der Waals surface area contributed by atoms with E-state index in [0.717, 1.165) is 24.8 Å². The van der Waals surface area contributed by atoms with Crippen molar-refractivity contribution in [3.8, 4) is 5.75 Å². The molecule has 3 heteroatoms. The van der Waals surface area contributed by atoms with E-state index >= 15 is 0 Å². The van der Waals surface area contributed by atoms with Crippen molar-refractivity contribution in [2.24, 2.45) is 17.8 Å². The Kier molecular flexibility index (Phi) is 2.66. The molecule has 2 nitrogen and oxygen atoms in total. The van der Waals surface area contributed by atoms with E-state index in [-0.39, 0.29) is 29.4 Å². The maximum Gasteiger partial charge on any atom is 0.136 e. The van der Waals surface area contributed by atoms with Crippen LogP contribution in [0.25, 0.3) is 0 Å². The summed E-state index contributed by atoms with van der Waals surface area (Å²) in [7, 11) is 0. The molecule has 0 aliphatic heterocycles. The van der Waals surface area contributed by atoms with Crippen molar-refractivity contribution >= 4 is 5.78 Å². The number of carbonyl (C=O) groups excluding carboxylic acids is 1. The molecule has 0 radical (unpaired) electrons. The second-order valence-corrected chi connectivity index (χ2v) is 6.64. The van der Waals surface area contributed by atoms with Gasteiger partial charge in [0.15, 0.2) is 0 Å². The van der Waals surface area contributed by atoms with Gasteiger partial charge in [-0.25, -0.2) is 4.39 Å². The first-order chi connectivity index (χ1) is 9.65. The number of hydrogen-bond donors (Lipinski definition) is 1. The lowest BCUT2D eigenvalue weighted by Crippen LogP contribution is -2.42. The van der Waals surface area contributed by atoms with Crippen LogP contribution in [0.1, 0.15) is 42.7 Å². The number of phenolic OH excluding ortho intramolecular Hbond substituents is 1. The first-order valence-electron chi connectivity index (χ1n) is 7.63. The lowest BCUT2D eigenvalue weighted by Gasteiger charge is -2.45. The maximum absolute atomic E-state index is 14.7. The van der Waals surface area contributed by atoms with Crippen LogP contribution in [0.15, 0.2) is 18.2 Å². The van der Waals surface area contributed by atoms with Crippen molar-refractivity contribution in [1.82, 2.24) is 0 Å². The van der Waals surface area contributed by atoms with Gasteiger partial charge >= 0.3 is 0 Å². The summed E-state index contributed by atoms with van der Waals surface area (Å²) < 4.78 is 14.7. The van der Waals surface area contributed by atoms with Gasteiger partial charge in [0.1, 0.15) is 17.7 Å². The SMILES string of the molecule is O=C1CC[C@H]2[C@@H]3[C@H](F)Cc4cc(O)ccc4[C@H]3CC[C@H]12. The van der Waals surface area contributed by atoms with Crippen LogP contribution in [0.2, 0.25) is 0 Å². The molecule has 1 N–H and O–H groups in total. The van der Waals surface area contributed by atoms with E-state index in [4.69, 9.17) is 0 Å². The van der Waals surface area contributed by atoms with E-state index in [1.807, 2.05) is 6.07 Å². The number of benzene rings is 1. The molecule has 0 aromatic heterocycles. The summed E-state index contributed by atoms with van der Waals surface area (Å²) in [5.74, 6) is 1.20. The number of hydrogen-bond acceptors (Lipinski definition) is 2. The van der Waals surface area contributed by atoms with Gasteiger partial charge in [0.25, 0.3) is 0 Å². The van der Waals surface area contributed by atoms with E-state index in [0.29, 0.717) is 18.6 Å². The molecule has 5 atom stereocenters. The van der Waals surface area contributed by atoms with Crippen molar-refractivity contribution in [2.75, 3.05) is 0 Å². The first kappa shape index (κ1) is 12.4. The minimum absolute atomic E-state index is 0.0113. The topological polar surface area (TPSA) is 37.3 Å². The number of ketones is 1. The summed E-state index contributed by atoms with van der Waals surface area (Å²) in [4.78, 5) is 11.9. The Bertz CT molecular complexity index is 568. The van der Waals surface area contributed by atoms with E-state index in [1.165, 1.54) is 5.56 Å². The zero-order valence-electron chi connectivity index (χ0n) is 11.4. The summed E-state index contributed by atoms with van der Waals surface area (Å²) in [5, 5.41) is 9.59. The number of carbonyl (C=O) groups is 1. The molecule has 0 unspecified atom stereocenters. The van der Waals surface area contributed by atoms with Crippen molar-refractivity contribution in [1.29, 1.82) is 0 Å². The van der Waals surface area contributed by atoms with E-state index in [2.05, 4.69) is 0 Å². The third-order valence-corrected chi connectivity index (χ3v) is 5.76. The van der Waals surface area contributed by atoms with Crippen molar-refractivity contribution in [3.05, 3.63) is 29.3 Å². The average Bonchev–Trinajstić information content (AvgIpc) is 2.80. The summed E-state index contributed by atoms with van der Waals surface area (Å²) in [6.45, 7) is 0. The standard InChI is InChI=1S/C17H19FO2/c18-15-8-9-7-10(19)1-2-11(9)13-4-3-12-14(17(13)15)5-6-16(12)20/h1-2,7,12-15,17,19H,3-6,8H2/t12-,13+,14+,15+,17+/m0/s1. The summed E-state index contributed by atoms with van der Waals surface area (Å²) in [5.41, 5.74) is 2.17. The Morgan fingerprint density at radius 3 is 2.80 bits per heavy atom. The van der Waals surface area contributed by atoms with Crippen molar-refractivity contribution in [2.45, 2.75) is 44.2 Å². The molecule has 2 fully saturated rings. The first-order valence-corrected chi connectivity index (χ1v) is 7.63. The molecule has 3 aliphatic rings. The largest absolute Gasteiger partial charge is 0.508 e. The third-order valence-electron chi connectivity index (χ3n) is 5.76. The predicted octanol–water partition coefficient (Wildman–Crippen LogP) is 3.38. The summed E-state index contributed by atoms with van der Waals surface area (Å²) >= 11 is 0. The van der Waals surface area contributed by atoms with Gasteiger partial charge in [0.2, 0.25) is 0 Å². The zero-order valence-corrected chi connectivity index (χ0v) is 11.4. The van der Waals surface area contributed by atoms with Crippen LogP contribution in [0.5, 0.6) is 5.75 Å². The smallest absolute Gasteiger partial charge is 0.136 e. The number of halogens is 1. The highest BCUT2D eigenvalue weighted by Crippen LogP contribution is 2.54. The molecule has 2 saturated carbocycles. The third kappa shape index (κ3) is 1.65. The molecule has 0 amide bonds. The number of fused-ring (bicyclic) bond motifs is 5. The Morgan fingerprint density at radius 1 is 1.15 bits per heavy atom. The van der Waals surface area contributed by atoms with Crippen LogP contribution < -0.4 is 0 Å². The van der Waals surface area contributed by atoms with Gasteiger partial charge in [-0.2, -0.15) is 0 Å². The molecular formula is C17H19FO2. The molecule has 3 aliphatic carbocycles. The van der Waals surface area contributed by atoms with Crippen LogP contribution in [-0.4, -0.2) is 17.1 Å². The predicted molar refractivity (Wildman–Crippen MR) is 73.4 cm³/mol. The Labute approximate surface area is 118 Å². The molecule has 1 aromatic rings. The van der Waals surface area contributed by atoms with Crippen LogP contribution in [0.4, 0.5) is 4.39 Å². The quantitative estimate of drug-likeness (QED) is 0.787. The lowest BCUT2D eigenvalue weighted by atomic mass is 9.60. The number of alkyl halides is 1. The Hall–Kier alpha value is -1.38. The second-order valence-electron chi connectivity index (χ2n) is 6.64. The fourth-order valence-corrected chi connectivity index (χ4v) is 4.98. The fraction of sp³-hybridized carbons (Fsp3) is 0.588. The average molecular weight is 274 g/mol. The van der Waals surface area contributed by atoms with Crippen LogP contribution in [0.3, 0.4) is 0 Å². The maximum atomic E-state index is 14.7. The van der Waals surface area contributed by atoms with Gasteiger partial charge < -0.3 is 5.11 Å². The monoisotopic (exact) mass is 274 g/mol. The summed E-state index contributed by atoms with van der Waals surface area (Å²) in [6, 6.07) is 5.38. The highest BCUT2D eigenvalue weighted by Gasteiger charge is 2.51. The molecular weight excluding hydrogens is 255 g/mol. The van der Waals surface area contributed by atoms with Gasteiger partial charge in [-0.05, 0) is 54.4 Å². The molecule has 0 bridgehead atoms. The molecule has 4 rings (SSSR count). The minimum atomic E-state index is -0.868. The summed E-state index contributed by atoms with van der Waals surface area (Å²) in [6.07, 6.45) is 2.87. The molecule has 0 spiro atoms. The Morgan fingerprint density at radius 2 is 1.95 bits per heavy atom. The van der Waals surface area contributed by atoms with Crippen LogP contribution >= 0.6 is 0 Å². The number of Topliss-reactive ketones (excluding diaryl/α,β-unsaturated/α-hetero) is 1. The van der Waals surface area contributed by atoms with Gasteiger partial charge in [-0.1, -0.05) is 6.07 Å². The zero-order chi connectivity index (χ0) is 13.9. The lowest BCUT2D eigenvalue weighted by molar-refractivity contribution is -0.123. The van der Waals surface area contributed by atoms with E-state index < -0.39 is 6.17 Å². The van der Waals surface area contributed by atoms with Crippen LogP contribution in [0, 0.1) is 17.8 Å². The van der Waals surface area contributed by atoms with Gasteiger partial charge in [0, 0.05) is 24.7 Å². The molecule has 1 aromatic carbocycles. The minimum Gasteiger partial charge on any atom is -0.508 e.